The summed E-state index contributed by atoms with van der Waals surface area (Å²) in [5.41, 5.74) is 0.381. The lowest BCUT2D eigenvalue weighted by atomic mass is 10.1. The number of hydrogen-bond acceptors (Lipinski definition) is 4. The van der Waals surface area contributed by atoms with E-state index in [4.69, 9.17) is 16.3 Å². The Hall–Kier alpha value is -1.79. The summed E-state index contributed by atoms with van der Waals surface area (Å²) in [6.45, 7) is 10.2. The first-order valence-electron chi connectivity index (χ1n) is 9.45. The Morgan fingerprint density at radius 2 is 1.81 bits per heavy atom. The Balaban J connectivity index is 1.60. The van der Waals surface area contributed by atoms with Crippen LogP contribution in [0.1, 0.15) is 32.8 Å². The number of benzene rings is 1. The summed E-state index contributed by atoms with van der Waals surface area (Å²) >= 11 is 6.08. The predicted octanol–water partition coefficient (Wildman–Crippen LogP) is 2.94. The Labute approximate surface area is 166 Å². The van der Waals surface area contributed by atoms with Gasteiger partial charge in [0.05, 0.1) is 6.42 Å². The molecule has 0 unspecified atom stereocenters. The Kier molecular flexibility index (Phi) is 7.92. The minimum absolute atomic E-state index is 0.0159. The highest BCUT2D eigenvalue weighted by atomic mass is 35.5. The van der Waals surface area contributed by atoms with Gasteiger partial charge in [-0.1, -0.05) is 29.8 Å². The van der Waals surface area contributed by atoms with E-state index < -0.39 is 5.60 Å². The maximum atomic E-state index is 12.1. The first kappa shape index (κ1) is 21.5. The van der Waals surface area contributed by atoms with Gasteiger partial charge >= 0.3 is 6.09 Å². The fourth-order valence-electron chi connectivity index (χ4n) is 2.89. The highest BCUT2D eigenvalue weighted by Crippen LogP contribution is 2.15. The van der Waals surface area contributed by atoms with Crippen LogP contribution in [-0.4, -0.2) is 66.7 Å². The number of carbonyl (C=O) groups excluding carboxylic acids is 2. The lowest BCUT2D eigenvalue weighted by Gasteiger charge is -2.35. The molecule has 27 heavy (non-hydrogen) atoms. The molecule has 0 bridgehead atoms. The molecule has 0 radical (unpaired) electrons. The van der Waals surface area contributed by atoms with Gasteiger partial charge in [0, 0.05) is 37.7 Å². The molecule has 0 saturated carbocycles. The van der Waals surface area contributed by atoms with Gasteiger partial charge in [0.25, 0.3) is 0 Å². The third-order valence-electron chi connectivity index (χ3n) is 4.31. The average Bonchev–Trinajstić information content (AvgIpc) is 2.60. The summed E-state index contributed by atoms with van der Waals surface area (Å²) in [5, 5.41) is 3.56. The van der Waals surface area contributed by atoms with Crippen molar-refractivity contribution in [1.29, 1.82) is 0 Å². The molecule has 1 aromatic rings. The number of piperazine rings is 1. The van der Waals surface area contributed by atoms with Crippen LogP contribution in [0.2, 0.25) is 5.02 Å². The maximum absolute atomic E-state index is 12.1. The van der Waals surface area contributed by atoms with Crippen LogP contribution in [0.3, 0.4) is 0 Å². The van der Waals surface area contributed by atoms with Gasteiger partial charge < -0.3 is 15.0 Å². The number of carbonyl (C=O) groups is 2. The molecule has 0 atom stereocenters. The molecule has 1 aliphatic rings. The van der Waals surface area contributed by atoms with Crippen LogP contribution in [0.4, 0.5) is 4.79 Å². The van der Waals surface area contributed by atoms with Crippen molar-refractivity contribution in [2.24, 2.45) is 0 Å². The quantitative estimate of drug-likeness (QED) is 0.752. The summed E-state index contributed by atoms with van der Waals surface area (Å²) in [6, 6.07) is 7.39. The number of hydrogen-bond donors (Lipinski definition) is 1. The van der Waals surface area contributed by atoms with Crippen molar-refractivity contribution in [2.75, 3.05) is 39.3 Å². The molecule has 1 fully saturated rings. The maximum Gasteiger partial charge on any atom is 0.410 e. The van der Waals surface area contributed by atoms with Crippen LogP contribution in [-0.2, 0) is 16.0 Å². The zero-order valence-corrected chi connectivity index (χ0v) is 17.2. The third kappa shape index (κ3) is 7.77. The van der Waals surface area contributed by atoms with Gasteiger partial charge in [0.1, 0.15) is 5.60 Å². The predicted molar refractivity (Wildman–Crippen MR) is 107 cm³/mol. The Morgan fingerprint density at radius 1 is 1.15 bits per heavy atom. The van der Waals surface area contributed by atoms with Gasteiger partial charge in [-0.15, -0.1) is 0 Å². The van der Waals surface area contributed by atoms with Crippen LogP contribution in [0.15, 0.2) is 24.3 Å². The summed E-state index contributed by atoms with van der Waals surface area (Å²) in [7, 11) is 0. The van der Waals surface area contributed by atoms with Gasteiger partial charge in [0.2, 0.25) is 5.91 Å². The van der Waals surface area contributed by atoms with Crippen LogP contribution in [0.5, 0.6) is 0 Å². The Bertz CT molecular complexity index is 638. The number of rotatable bonds is 6. The molecule has 1 N–H and O–H groups in total. The van der Waals surface area contributed by atoms with Crippen LogP contribution < -0.4 is 5.32 Å². The minimum Gasteiger partial charge on any atom is -0.444 e. The molecule has 1 aromatic carbocycles. The topological polar surface area (TPSA) is 61.9 Å². The molecular formula is C20H30ClN3O3. The van der Waals surface area contributed by atoms with Gasteiger partial charge in [-0.05, 0) is 45.4 Å². The van der Waals surface area contributed by atoms with Gasteiger partial charge in [0.15, 0.2) is 0 Å². The van der Waals surface area contributed by atoms with E-state index in [-0.39, 0.29) is 12.0 Å². The van der Waals surface area contributed by atoms with Crippen molar-refractivity contribution in [3.8, 4) is 0 Å². The molecule has 150 valence electrons. The molecule has 2 amide bonds. The van der Waals surface area contributed by atoms with E-state index in [0.717, 1.165) is 31.6 Å². The smallest absolute Gasteiger partial charge is 0.410 e. The zero-order valence-electron chi connectivity index (χ0n) is 16.5. The number of halogens is 1. The van der Waals surface area contributed by atoms with E-state index in [1.807, 2.05) is 39.0 Å². The number of ether oxygens (including phenoxy) is 1. The normalized spacial score (nSPS) is 15.5. The Morgan fingerprint density at radius 3 is 2.44 bits per heavy atom. The van der Waals surface area contributed by atoms with Crippen molar-refractivity contribution in [2.45, 2.75) is 39.2 Å². The zero-order chi connectivity index (χ0) is 19.9. The van der Waals surface area contributed by atoms with Crippen LogP contribution in [0.25, 0.3) is 0 Å². The van der Waals surface area contributed by atoms with Gasteiger partial charge in [-0.3, -0.25) is 9.69 Å². The van der Waals surface area contributed by atoms with E-state index in [1.54, 1.807) is 11.0 Å². The largest absolute Gasteiger partial charge is 0.444 e. The number of nitrogens with zero attached hydrogens (tertiary/aromatic N) is 2. The lowest BCUT2D eigenvalue weighted by Crippen LogP contribution is -2.50. The van der Waals surface area contributed by atoms with Crippen molar-refractivity contribution in [1.82, 2.24) is 15.1 Å². The van der Waals surface area contributed by atoms with Gasteiger partial charge in [-0.25, -0.2) is 4.79 Å². The highest BCUT2D eigenvalue weighted by molar-refractivity contribution is 6.31. The molecule has 0 aliphatic carbocycles. The van der Waals surface area contributed by atoms with E-state index in [2.05, 4.69) is 10.2 Å². The standard InChI is InChI=1S/C20H30ClN3O3/c1-20(2,3)27-19(26)24-13-11-23(12-14-24)10-6-9-22-18(25)15-16-7-4-5-8-17(16)21/h4-5,7-8H,6,9-15H2,1-3H3,(H,22,25). The van der Waals surface area contributed by atoms with E-state index in [0.29, 0.717) is 31.1 Å². The molecule has 7 heteroatoms. The molecule has 1 aliphatic heterocycles. The molecule has 1 heterocycles. The first-order valence-corrected chi connectivity index (χ1v) is 9.83. The minimum atomic E-state index is -0.462. The second-order valence-electron chi connectivity index (χ2n) is 7.78. The summed E-state index contributed by atoms with van der Waals surface area (Å²) in [5.74, 6) is -0.0159. The second kappa shape index (κ2) is 9.95. The monoisotopic (exact) mass is 395 g/mol. The average molecular weight is 396 g/mol. The van der Waals surface area contributed by atoms with Crippen molar-refractivity contribution in [3.05, 3.63) is 34.9 Å². The highest BCUT2D eigenvalue weighted by Gasteiger charge is 2.25. The fraction of sp³-hybridized carbons (Fsp3) is 0.600. The molecule has 0 spiro atoms. The number of nitrogens with one attached hydrogen (secondary N) is 1. The molecular weight excluding hydrogens is 366 g/mol. The molecule has 6 nitrogen and oxygen atoms in total. The molecule has 1 saturated heterocycles. The van der Waals surface area contributed by atoms with Crippen LogP contribution in [0, 0.1) is 0 Å². The van der Waals surface area contributed by atoms with E-state index >= 15 is 0 Å². The van der Waals surface area contributed by atoms with E-state index in [9.17, 15) is 9.59 Å². The lowest BCUT2D eigenvalue weighted by molar-refractivity contribution is -0.120. The van der Waals surface area contributed by atoms with Crippen molar-refractivity contribution < 1.29 is 14.3 Å². The number of amides is 2. The molecule has 2 rings (SSSR count). The first-order chi connectivity index (χ1) is 12.7. The summed E-state index contributed by atoms with van der Waals surface area (Å²) in [6.07, 6.45) is 0.934. The van der Waals surface area contributed by atoms with Crippen molar-refractivity contribution >= 4 is 23.6 Å². The second-order valence-corrected chi connectivity index (χ2v) is 8.19. The third-order valence-corrected chi connectivity index (χ3v) is 4.67. The summed E-state index contributed by atoms with van der Waals surface area (Å²) < 4.78 is 5.41. The SMILES string of the molecule is CC(C)(C)OC(=O)N1CCN(CCCNC(=O)Cc2ccccc2Cl)CC1. The van der Waals surface area contributed by atoms with Gasteiger partial charge in [-0.2, -0.15) is 0 Å². The van der Waals surface area contributed by atoms with Crippen LogP contribution >= 0.6 is 11.6 Å². The van der Waals surface area contributed by atoms with E-state index in [1.165, 1.54) is 0 Å². The molecule has 0 aromatic heterocycles. The fourth-order valence-corrected chi connectivity index (χ4v) is 3.09. The van der Waals surface area contributed by atoms with Crippen molar-refractivity contribution in [3.63, 3.8) is 0 Å². The summed E-state index contributed by atoms with van der Waals surface area (Å²) in [4.78, 5) is 28.1.